The van der Waals surface area contributed by atoms with Crippen LogP contribution in [0.4, 0.5) is 18.9 Å². The molecule has 2 aromatic rings. The number of amides is 1. The highest BCUT2D eigenvalue weighted by molar-refractivity contribution is 6.31. The molecule has 0 bridgehead atoms. The molecule has 0 saturated carbocycles. The van der Waals surface area contributed by atoms with Crippen LogP contribution in [0.5, 0.6) is 0 Å². The topological polar surface area (TPSA) is 40.6 Å². The first kappa shape index (κ1) is 22.8. The average Bonchev–Trinajstić information content (AvgIpc) is 2.96. The first-order valence-electron chi connectivity index (χ1n) is 10.6. The lowest BCUT2D eigenvalue weighted by atomic mass is 9.73. The van der Waals surface area contributed by atoms with Crippen molar-refractivity contribution in [1.82, 2.24) is 4.90 Å². The van der Waals surface area contributed by atoms with Crippen molar-refractivity contribution in [3.8, 4) is 0 Å². The van der Waals surface area contributed by atoms with Crippen LogP contribution in [0.15, 0.2) is 48.5 Å². The molecule has 2 aliphatic heterocycles. The standard InChI is InChI=1S/C24H24ClF3N2O2/c25-18-6-7-21-20(14-18)23(22(32)30(21)16-19(31)8-9-24(26,27)28)10-12-29(13-11-23)15-17-4-2-1-3-5-17/h1-7,14H,8-13,15-16H2. The van der Waals surface area contributed by atoms with Gasteiger partial charge in [0.05, 0.1) is 18.4 Å². The van der Waals surface area contributed by atoms with Crippen molar-refractivity contribution in [1.29, 1.82) is 0 Å². The van der Waals surface area contributed by atoms with Crippen molar-refractivity contribution in [2.45, 2.75) is 43.8 Å². The number of fused-ring (bicyclic) bond motifs is 2. The average molecular weight is 465 g/mol. The smallest absolute Gasteiger partial charge is 0.304 e. The Bertz CT molecular complexity index is 1000. The zero-order valence-corrected chi connectivity index (χ0v) is 18.3. The van der Waals surface area contributed by atoms with Gasteiger partial charge in [-0.3, -0.25) is 14.5 Å². The number of carbonyl (C=O) groups excluding carboxylic acids is 2. The molecule has 2 heterocycles. The number of anilines is 1. The van der Waals surface area contributed by atoms with E-state index in [2.05, 4.69) is 17.0 Å². The minimum absolute atomic E-state index is 0.213. The van der Waals surface area contributed by atoms with Gasteiger partial charge >= 0.3 is 6.18 Å². The molecule has 170 valence electrons. The summed E-state index contributed by atoms with van der Waals surface area (Å²) in [6.45, 7) is 1.83. The SMILES string of the molecule is O=C(CCC(F)(F)F)CN1C(=O)C2(CCN(Cc3ccccc3)CC2)c2cc(Cl)ccc21. The molecule has 1 saturated heterocycles. The largest absolute Gasteiger partial charge is 0.389 e. The maximum Gasteiger partial charge on any atom is 0.389 e. The number of carbonyl (C=O) groups is 2. The van der Waals surface area contributed by atoms with Crippen LogP contribution >= 0.6 is 11.6 Å². The van der Waals surface area contributed by atoms with Crippen molar-refractivity contribution in [3.05, 3.63) is 64.7 Å². The molecule has 32 heavy (non-hydrogen) atoms. The summed E-state index contributed by atoms with van der Waals surface area (Å²) in [5.74, 6) is -0.815. The maximum absolute atomic E-state index is 13.5. The maximum atomic E-state index is 13.5. The zero-order valence-electron chi connectivity index (χ0n) is 17.5. The number of nitrogens with zero attached hydrogens (tertiary/aromatic N) is 2. The van der Waals surface area contributed by atoms with Crippen LogP contribution in [0.3, 0.4) is 0 Å². The predicted octanol–water partition coefficient (Wildman–Crippen LogP) is 5.13. The molecule has 0 aliphatic carbocycles. The lowest BCUT2D eigenvalue weighted by Gasteiger charge is -2.38. The van der Waals surface area contributed by atoms with Crippen LogP contribution in [-0.2, 0) is 21.5 Å². The van der Waals surface area contributed by atoms with E-state index in [4.69, 9.17) is 11.6 Å². The normalized spacial score (nSPS) is 18.2. The minimum atomic E-state index is -4.40. The number of halogens is 4. The van der Waals surface area contributed by atoms with Gasteiger partial charge in [0.2, 0.25) is 5.91 Å². The van der Waals surface area contributed by atoms with Gasteiger partial charge in [-0.15, -0.1) is 0 Å². The minimum Gasteiger partial charge on any atom is -0.304 e. The molecule has 0 N–H and O–H groups in total. The Morgan fingerprint density at radius 2 is 1.75 bits per heavy atom. The fraction of sp³-hybridized carbons (Fsp3) is 0.417. The van der Waals surface area contributed by atoms with E-state index >= 15 is 0 Å². The number of hydrogen-bond acceptors (Lipinski definition) is 3. The molecule has 2 aliphatic rings. The van der Waals surface area contributed by atoms with Crippen LogP contribution in [0.1, 0.15) is 36.8 Å². The highest BCUT2D eigenvalue weighted by Crippen LogP contribution is 2.49. The Balaban J connectivity index is 1.52. The third kappa shape index (κ3) is 4.69. The summed E-state index contributed by atoms with van der Waals surface area (Å²) >= 11 is 6.23. The molecule has 0 aromatic heterocycles. The van der Waals surface area contributed by atoms with Crippen LogP contribution in [0.2, 0.25) is 5.02 Å². The van der Waals surface area contributed by atoms with Crippen molar-refractivity contribution < 1.29 is 22.8 Å². The molecular weight excluding hydrogens is 441 g/mol. The third-order valence-electron chi connectivity index (χ3n) is 6.40. The lowest BCUT2D eigenvalue weighted by Crippen LogP contribution is -2.49. The number of Topliss-reactive ketones (excluding diaryl/α,β-unsaturated/α-hetero) is 1. The Morgan fingerprint density at radius 3 is 2.41 bits per heavy atom. The Hall–Kier alpha value is -2.38. The lowest BCUT2D eigenvalue weighted by molar-refractivity contribution is -0.142. The van der Waals surface area contributed by atoms with Gasteiger partial charge in [-0.1, -0.05) is 41.9 Å². The van der Waals surface area contributed by atoms with Crippen LogP contribution in [-0.4, -0.2) is 42.4 Å². The molecule has 0 radical (unpaired) electrons. The summed E-state index contributed by atoms with van der Waals surface area (Å²) in [5.41, 5.74) is 1.76. The van der Waals surface area contributed by atoms with Gasteiger partial charge in [-0.2, -0.15) is 13.2 Å². The van der Waals surface area contributed by atoms with E-state index in [-0.39, 0.29) is 12.5 Å². The summed E-state index contributed by atoms with van der Waals surface area (Å²) in [4.78, 5) is 29.5. The van der Waals surface area contributed by atoms with Crippen molar-refractivity contribution in [2.75, 3.05) is 24.5 Å². The van der Waals surface area contributed by atoms with E-state index in [1.165, 1.54) is 10.5 Å². The highest BCUT2D eigenvalue weighted by atomic mass is 35.5. The second-order valence-electron chi connectivity index (χ2n) is 8.55. The van der Waals surface area contributed by atoms with Gasteiger partial charge in [0.25, 0.3) is 0 Å². The van der Waals surface area contributed by atoms with Gasteiger partial charge in [0.1, 0.15) is 0 Å². The number of hydrogen-bond donors (Lipinski definition) is 0. The van der Waals surface area contributed by atoms with Crippen molar-refractivity contribution >= 4 is 29.0 Å². The van der Waals surface area contributed by atoms with E-state index in [0.717, 1.165) is 12.1 Å². The second-order valence-corrected chi connectivity index (χ2v) is 8.99. The molecule has 1 spiro atoms. The first-order chi connectivity index (χ1) is 15.2. The summed E-state index contributed by atoms with van der Waals surface area (Å²) in [5, 5.41) is 0.493. The molecule has 0 unspecified atom stereocenters. The summed E-state index contributed by atoms with van der Waals surface area (Å²) < 4.78 is 37.5. The van der Waals surface area contributed by atoms with Crippen LogP contribution in [0, 0.1) is 0 Å². The molecular formula is C24H24ClF3N2O2. The quantitative estimate of drug-likeness (QED) is 0.595. The third-order valence-corrected chi connectivity index (χ3v) is 6.63. The monoisotopic (exact) mass is 464 g/mol. The van der Waals surface area contributed by atoms with Crippen LogP contribution in [0.25, 0.3) is 0 Å². The molecule has 4 rings (SSSR count). The first-order valence-corrected chi connectivity index (χ1v) is 11.0. The number of likely N-dealkylation sites (tertiary alicyclic amines) is 1. The highest BCUT2D eigenvalue weighted by Gasteiger charge is 2.52. The molecule has 2 aromatic carbocycles. The molecule has 4 nitrogen and oxygen atoms in total. The fourth-order valence-corrected chi connectivity index (χ4v) is 4.89. The van der Waals surface area contributed by atoms with Crippen molar-refractivity contribution in [2.24, 2.45) is 0 Å². The number of ketones is 1. The number of benzene rings is 2. The van der Waals surface area contributed by atoms with Crippen LogP contribution < -0.4 is 4.90 Å². The number of alkyl halides is 3. The van der Waals surface area contributed by atoms with Crippen molar-refractivity contribution in [3.63, 3.8) is 0 Å². The Kier molecular flexibility index (Phi) is 6.32. The summed E-state index contributed by atoms with van der Waals surface area (Å²) in [6, 6.07) is 15.2. The number of piperidine rings is 1. The van der Waals surface area contributed by atoms with Gasteiger partial charge < -0.3 is 4.90 Å². The van der Waals surface area contributed by atoms with Gasteiger partial charge in [0.15, 0.2) is 5.78 Å². The van der Waals surface area contributed by atoms with Gasteiger partial charge in [-0.05, 0) is 55.3 Å². The summed E-state index contributed by atoms with van der Waals surface area (Å²) in [6.07, 6.45) is -5.07. The van der Waals surface area contributed by atoms with E-state index in [1.807, 2.05) is 18.2 Å². The molecule has 0 atom stereocenters. The molecule has 1 amide bonds. The number of rotatable bonds is 6. The molecule has 1 fully saturated rings. The Labute approximate surface area is 189 Å². The van der Waals surface area contributed by atoms with E-state index < -0.39 is 30.2 Å². The zero-order chi connectivity index (χ0) is 22.9. The van der Waals surface area contributed by atoms with E-state index in [9.17, 15) is 22.8 Å². The molecule has 8 heteroatoms. The van der Waals surface area contributed by atoms with Gasteiger partial charge in [0, 0.05) is 23.7 Å². The fourth-order valence-electron chi connectivity index (χ4n) is 4.72. The van der Waals surface area contributed by atoms with Gasteiger partial charge in [-0.25, -0.2) is 0 Å². The van der Waals surface area contributed by atoms with E-state index in [0.29, 0.717) is 36.6 Å². The second kappa shape index (κ2) is 8.87. The van der Waals surface area contributed by atoms with E-state index in [1.54, 1.807) is 18.2 Å². The predicted molar refractivity (Wildman–Crippen MR) is 117 cm³/mol. The Morgan fingerprint density at radius 1 is 1.06 bits per heavy atom. The summed E-state index contributed by atoms with van der Waals surface area (Å²) in [7, 11) is 0.